The normalized spacial score (nSPS) is 12.1. The largest absolute Gasteiger partial charge is 0.284 e. The molecule has 1 aromatic heterocycles. The molecule has 0 fully saturated rings. The summed E-state index contributed by atoms with van der Waals surface area (Å²) in [6, 6.07) is 9.23. The molecule has 0 amide bonds. The van der Waals surface area contributed by atoms with Gasteiger partial charge in [0, 0.05) is 16.3 Å². The van der Waals surface area contributed by atoms with E-state index in [1.165, 1.54) is 35.6 Å². The van der Waals surface area contributed by atoms with Crippen LogP contribution in [0.4, 0.5) is 11.4 Å². The molecule has 0 aliphatic carbocycles. The van der Waals surface area contributed by atoms with Crippen LogP contribution in [0.1, 0.15) is 4.88 Å². The van der Waals surface area contributed by atoms with E-state index in [1.54, 1.807) is 12.1 Å². The molecule has 9 heteroatoms. The first-order chi connectivity index (χ1) is 9.66. The molecule has 1 heterocycles. The molecule has 2 rings (SSSR count). The number of aryl methyl sites for hydroxylation is 1. The van der Waals surface area contributed by atoms with E-state index in [1.807, 2.05) is 6.92 Å². The molecule has 0 bridgehead atoms. The molecular formula is C12H14N2O4S3. The molecule has 0 unspecified atom stereocenters. The van der Waals surface area contributed by atoms with Crippen molar-refractivity contribution in [3.05, 3.63) is 41.3 Å². The zero-order chi connectivity index (χ0) is 15.7. The van der Waals surface area contributed by atoms with Gasteiger partial charge in [0.05, 0.1) is 6.26 Å². The van der Waals surface area contributed by atoms with Gasteiger partial charge in [0.15, 0.2) is 0 Å². The Labute approximate surface area is 127 Å². The van der Waals surface area contributed by atoms with Crippen molar-refractivity contribution in [2.45, 2.75) is 11.1 Å². The van der Waals surface area contributed by atoms with Gasteiger partial charge in [-0.15, -0.1) is 11.3 Å². The summed E-state index contributed by atoms with van der Waals surface area (Å²) in [6.07, 6.45) is 1.04. The lowest BCUT2D eigenvalue weighted by molar-refractivity contribution is 0.602. The number of rotatable bonds is 5. The first-order valence-electron chi connectivity index (χ1n) is 5.83. The van der Waals surface area contributed by atoms with Crippen molar-refractivity contribution in [2.24, 2.45) is 0 Å². The molecule has 0 saturated heterocycles. The quantitative estimate of drug-likeness (QED) is 0.868. The maximum absolute atomic E-state index is 12.1. The molecule has 6 nitrogen and oxygen atoms in total. The van der Waals surface area contributed by atoms with Crippen molar-refractivity contribution in [3.63, 3.8) is 0 Å². The van der Waals surface area contributed by atoms with Gasteiger partial charge in [-0.05, 0) is 43.3 Å². The van der Waals surface area contributed by atoms with Gasteiger partial charge in [0.25, 0.3) is 10.0 Å². The summed E-state index contributed by atoms with van der Waals surface area (Å²) in [7, 11) is -6.96. The Bertz CT molecular complexity index is 837. The molecule has 0 saturated carbocycles. The van der Waals surface area contributed by atoms with E-state index >= 15 is 0 Å². The summed E-state index contributed by atoms with van der Waals surface area (Å²) in [5.74, 6) is 0. The highest BCUT2D eigenvalue weighted by atomic mass is 32.2. The van der Waals surface area contributed by atoms with Gasteiger partial charge in [0.1, 0.15) is 4.21 Å². The monoisotopic (exact) mass is 346 g/mol. The molecular weight excluding hydrogens is 332 g/mol. The second-order valence-corrected chi connectivity index (χ2v) is 9.37. The summed E-state index contributed by atoms with van der Waals surface area (Å²) in [4.78, 5) is 0.906. The van der Waals surface area contributed by atoms with E-state index in [0.29, 0.717) is 11.4 Å². The van der Waals surface area contributed by atoms with Gasteiger partial charge in [-0.3, -0.25) is 9.44 Å². The van der Waals surface area contributed by atoms with Crippen LogP contribution in [0.3, 0.4) is 0 Å². The second kappa shape index (κ2) is 5.66. The van der Waals surface area contributed by atoms with E-state index in [0.717, 1.165) is 11.1 Å². The van der Waals surface area contributed by atoms with Crippen LogP contribution in [0.2, 0.25) is 0 Å². The van der Waals surface area contributed by atoms with Gasteiger partial charge in [0.2, 0.25) is 10.0 Å². The fraction of sp³-hybridized carbons (Fsp3) is 0.167. The minimum absolute atomic E-state index is 0.235. The average molecular weight is 346 g/mol. The van der Waals surface area contributed by atoms with Crippen LogP contribution in [0.25, 0.3) is 0 Å². The standard InChI is InChI=1S/C12H14N2O4S3/c1-9-3-8-12(19-9)21(17,18)14-11-6-4-10(5-7-11)13-20(2,15)16/h3-8,13-14H,1-2H3. The highest BCUT2D eigenvalue weighted by Crippen LogP contribution is 2.24. The molecule has 0 atom stereocenters. The van der Waals surface area contributed by atoms with Crippen LogP contribution in [0.5, 0.6) is 0 Å². The zero-order valence-electron chi connectivity index (χ0n) is 11.3. The van der Waals surface area contributed by atoms with Crippen molar-refractivity contribution < 1.29 is 16.8 Å². The van der Waals surface area contributed by atoms with E-state index in [9.17, 15) is 16.8 Å². The predicted molar refractivity (Wildman–Crippen MR) is 84.8 cm³/mol. The molecule has 0 aliphatic heterocycles. The van der Waals surface area contributed by atoms with E-state index < -0.39 is 20.0 Å². The SMILES string of the molecule is Cc1ccc(S(=O)(=O)Nc2ccc(NS(C)(=O)=O)cc2)s1. The summed E-state index contributed by atoms with van der Waals surface area (Å²) in [5, 5.41) is 0. The lowest BCUT2D eigenvalue weighted by Gasteiger charge is -2.08. The Hall–Kier alpha value is -1.58. The molecule has 2 aromatic rings. The van der Waals surface area contributed by atoms with Crippen molar-refractivity contribution in [2.75, 3.05) is 15.7 Å². The van der Waals surface area contributed by atoms with Gasteiger partial charge in [-0.2, -0.15) is 0 Å². The van der Waals surface area contributed by atoms with Crippen LogP contribution >= 0.6 is 11.3 Å². The molecule has 21 heavy (non-hydrogen) atoms. The molecule has 1 aromatic carbocycles. The van der Waals surface area contributed by atoms with Crippen LogP contribution in [0.15, 0.2) is 40.6 Å². The lowest BCUT2D eigenvalue weighted by atomic mass is 10.3. The van der Waals surface area contributed by atoms with E-state index in [4.69, 9.17) is 0 Å². The molecule has 0 spiro atoms. The smallest absolute Gasteiger partial charge is 0.271 e. The maximum Gasteiger partial charge on any atom is 0.271 e. The Morgan fingerprint density at radius 2 is 1.38 bits per heavy atom. The van der Waals surface area contributed by atoms with Crippen LogP contribution in [0, 0.1) is 6.92 Å². The lowest BCUT2D eigenvalue weighted by Crippen LogP contribution is -2.12. The van der Waals surface area contributed by atoms with Gasteiger partial charge in [-0.1, -0.05) is 0 Å². The first-order valence-corrected chi connectivity index (χ1v) is 10.0. The van der Waals surface area contributed by atoms with Crippen molar-refractivity contribution in [1.82, 2.24) is 0 Å². The van der Waals surface area contributed by atoms with Gasteiger partial charge >= 0.3 is 0 Å². The second-order valence-electron chi connectivity index (χ2n) is 4.42. The number of anilines is 2. The third-order valence-electron chi connectivity index (χ3n) is 2.42. The van der Waals surface area contributed by atoms with Crippen molar-refractivity contribution >= 4 is 42.8 Å². The van der Waals surface area contributed by atoms with Crippen molar-refractivity contribution in [1.29, 1.82) is 0 Å². The fourth-order valence-electron chi connectivity index (χ4n) is 1.58. The number of thiophene rings is 1. The molecule has 0 aliphatic rings. The summed E-state index contributed by atoms with van der Waals surface area (Å²) in [6.45, 7) is 1.83. The topological polar surface area (TPSA) is 92.3 Å². The van der Waals surface area contributed by atoms with E-state index in [2.05, 4.69) is 9.44 Å². The Morgan fingerprint density at radius 3 is 1.81 bits per heavy atom. The highest BCUT2D eigenvalue weighted by Gasteiger charge is 2.16. The fourth-order valence-corrected chi connectivity index (χ4v) is 4.49. The third-order valence-corrected chi connectivity index (χ3v) is 5.90. The Morgan fingerprint density at radius 1 is 0.857 bits per heavy atom. The summed E-state index contributed by atoms with van der Waals surface area (Å²) < 4.78 is 51.4. The number of benzene rings is 1. The van der Waals surface area contributed by atoms with Crippen molar-refractivity contribution in [3.8, 4) is 0 Å². The first kappa shape index (κ1) is 15.8. The van der Waals surface area contributed by atoms with Crippen LogP contribution in [-0.4, -0.2) is 23.1 Å². The minimum Gasteiger partial charge on any atom is -0.284 e. The molecule has 2 N–H and O–H groups in total. The summed E-state index contributed by atoms with van der Waals surface area (Å²) >= 11 is 1.18. The molecule has 114 valence electrons. The number of hydrogen-bond acceptors (Lipinski definition) is 5. The third kappa shape index (κ3) is 4.45. The van der Waals surface area contributed by atoms with Gasteiger partial charge < -0.3 is 0 Å². The number of sulfonamides is 2. The maximum atomic E-state index is 12.1. The number of nitrogens with one attached hydrogen (secondary N) is 2. The Kier molecular flexibility index (Phi) is 4.26. The Balaban J connectivity index is 2.17. The molecule has 0 radical (unpaired) electrons. The highest BCUT2D eigenvalue weighted by molar-refractivity contribution is 7.94. The zero-order valence-corrected chi connectivity index (χ0v) is 13.8. The van der Waals surface area contributed by atoms with Gasteiger partial charge in [-0.25, -0.2) is 16.8 Å². The predicted octanol–water partition coefficient (Wildman–Crippen LogP) is 2.23. The minimum atomic E-state index is -3.61. The number of hydrogen-bond donors (Lipinski definition) is 2. The van der Waals surface area contributed by atoms with Crippen LogP contribution in [-0.2, 0) is 20.0 Å². The van der Waals surface area contributed by atoms with E-state index in [-0.39, 0.29) is 4.21 Å². The average Bonchev–Trinajstić information content (AvgIpc) is 2.77. The summed E-state index contributed by atoms with van der Waals surface area (Å²) in [5.41, 5.74) is 0.729. The van der Waals surface area contributed by atoms with Crippen LogP contribution < -0.4 is 9.44 Å².